The zero-order valence-corrected chi connectivity index (χ0v) is 16.3. The van der Waals surface area contributed by atoms with Crippen molar-refractivity contribution in [2.24, 2.45) is 0 Å². The fourth-order valence-electron chi connectivity index (χ4n) is 3.11. The molecule has 0 radical (unpaired) electrons. The van der Waals surface area contributed by atoms with Crippen LogP contribution in [0.4, 0.5) is 16.2 Å². The zero-order valence-electron chi connectivity index (χ0n) is 16.3. The van der Waals surface area contributed by atoms with Crippen LogP contribution in [-0.2, 0) is 13.0 Å². The molecule has 1 aromatic heterocycles. The maximum atomic E-state index is 12.4. The smallest absolute Gasteiger partial charge is 0.308 e. The number of nitrogens with zero attached hydrogens (tertiary/aromatic N) is 2. The van der Waals surface area contributed by atoms with Gasteiger partial charge in [0.1, 0.15) is 0 Å². The van der Waals surface area contributed by atoms with Crippen molar-refractivity contribution in [2.75, 3.05) is 10.6 Å². The number of urea groups is 1. The van der Waals surface area contributed by atoms with E-state index in [9.17, 15) is 4.79 Å². The average molecular weight is 362 g/mol. The van der Waals surface area contributed by atoms with E-state index in [1.807, 2.05) is 48.9 Å². The summed E-state index contributed by atoms with van der Waals surface area (Å²) in [7, 11) is 0. The third-order valence-electron chi connectivity index (χ3n) is 4.65. The largest absolute Gasteiger partial charge is 0.323 e. The number of aryl methyl sites for hydroxylation is 3. The van der Waals surface area contributed by atoms with Crippen LogP contribution >= 0.6 is 0 Å². The summed E-state index contributed by atoms with van der Waals surface area (Å²) in [5, 5.41) is 10.4. The van der Waals surface area contributed by atoms with Crippen LogP contribution in [0.15, 0.2) is 48.5 Å². The van der Waals surface area contributed by atoms with Crippen molar-refractivity contribution < 1.29 is 4.79 Å². The Morgan fingerprint density at radius 2 is 1.74 bits per heavy atom. The first-order valence-electron chi connectivity index (χ1n) is 9.22. The molecule has 2 aromatic carbocycles. The van der Waals surface area contributed by atoms with Gasteiger partial charge in [-0.25, -0.2) is 4.79 Å². The molecule has 0 bridgehead atoms. The SMILES string of the molecule is CCc1ccc(NC(=O)Nc2c(C)nn(Cc3cccc(C)c3)c2C)cc1. The fourth-order valence-corrected chi connectivity index (χ4v) is 3.11. The van der Waals surface area contributed by atoms with Crippen molar-refractivity contribution in [3.8, 4) is 0 Å². The van der Waals surface area contributed by atoms with E-state index in [1.54, 1.807) is 0 Å². The summed E-state index contributed by atoms with van der Waals surface area (Å²) in [4.78, 5) is 12.4. The van der Waals surface area contributed by atoms with Crippen LogP contribution < -0.4 is 10.6 Å². The molecule has 2 N–H and O–H groups in total. The Bertz CT molecular complexity index is 941. The summed E-state index contributed by atoms with van der Waals surface area (Å²) in [5.74, 6) is 0. The molecule has 5 nitrogen and oxygen atoms in total. The molecule has 2 amide bonds. The highest BCUT2D eigenvalue weighted by atomic mass is 16.2. The second-order valence-corrected chi connectivity index (χ2v) is 6.82. The first-order chi connectivity index (χ1) is 13.0. The summed E-state index contributed by atoms with van der Waals surface area (Å²) >= 11 is 0. The first-order valence-corrected chi connectivity index (χ1v) is 9.22. The van der Waals surface area contributed by atoms with Crippen LogP contribution in [0.1, 0.15) is 35.0 Å². The number of hydrogen-bond donors (Lipinski definition) is 2. The summed E-state index contributed by atoms with van der Waals surface area (Å²) in [6, 6.07) is 16.0. The Morgan fingerprint density at radius 1 is 1.00 bits per heavy atom. The Morgan fingerprint density at radius 3 is 2.41 bits per heavy atom. The average Bonchev–Trinajstić information content (AvgIpc) is 2.90. The highest BCUT2D eigenvalue weighted by Crippen LogP contribution is 2.21. The van der Waals surface area contributed by atoms with E-state index in [2.05, 4.69) is 47.8 Å². The molecule has 0 aliphatic carbocycles. The number of rotatable bonds is 5. The molecule has 3 rings (SSSR count). The summed E-state index contributed by atoms with van der Waals surface area (Å²) in [5.41, 5.74) is 6.91. The number of nitrogens with one attached hydrogen (secondary N) is 2. The van der Waals surface area contributed by atoms with Gasteiger partial charge >= 0.3 is 6.03 Å². The van der Waals surface area contributed by atoms with Crippen LogP contribution in [0, 0.1) is 20.8 Å². The third kappa shape index (κ3) is 4.56. The van der Waals surface area contributed by atoms with E-state index in [0.29, 0.717) is 6.54 Å². The number of benzene rings is 2. The second kappa shape index (κ2) is 8.08. The van der Waals surface area contributed by atoms with Gasteiger partial charge in [-0.2, -0.15) is 5.10 Å². The Labute approximate surface area is 160 Å². The zero-order chi connectivity index (χ0) is 19.4. The van der Waals surface area contributed by atoms with Crippen LogP contribution in [0.2, 0.25) is 0 Å². The van der Waals surface area contributed by atoms with E-state index in [4.69, 9.17) is 0 Å². The van der Waals surface area contributed by atoms with Crippen molar-refractivity contribution >= 4 is 17.4 Å². The number of aromatic nitrogens is 2. The summed E-state index contributed by atoms with van der Waals surface area (Å²) in [6.45, 7) is 8.74. The van der Waals surface area contributed by atoms with E-state index in [-0.39, 0.29) is 6.03 Å². The second-order valence-electron chi connectivity index (χ2n) is 6.82. The lowest BCUT2D eigenvalue weighted by Gasteiger charge is -2.09. The minimum absolute atomic E-state index is 0.263. The van der Waals surface area contributed by atoms with Crippen molar-refractivity contribution in [3.63, 3.8) is 0 Å². The number of amides is 2. The van der Waals surface area contributed by atoms with Crippen molar-refractivity contribution in [2.45, 2.75) is 40.7 Å². The molecule has 0 spiro atoms. The minimum atomic E-state index is -0.263. The van der Waals surface area contributed by atoms with E-state index < -0.39 is 0 Å². The quantitative estimate of drug-likeness (QED) is 0.666. The number of hydrogen-bond acceptors (Lipinski definition) is 2. The molecule has 0 saturated heterocycles. The van der Waals surface area contributed by atoms with E-state index >= 15 is 0 Å². The maximum absolute atomic E-state index is 12.4. The topological polar surface area (TPSA) is 59.0 Å². The van der Waals surface area contributed by atoms with Gasteiger partial charge in [0, 0.05) is 5.69 Å². The number of anilines is 2. The van der Waals surface area contributed by atoms with Crippen molar-refractivity contribution in [3.05, 3.63) is 76.6 Å². The van der Waals surface area contributed by atoms with Gasteiger partial charge in [-0.3, -0.25) is 4.68 Å². The van der Waals surface area contributed by atoms with E-state index in [1.165, 1.54) is 16.7 Å². The third-order valence-corrected chi connectivity index (χ3v) is 4.65. The summed E-state index contributed by atoms with van der Waals surface area (Å²) in [6.07, 6.45) is 0.977. The predicted octanol–water partition coefficient (Wildman–Crippen LogP) is 5.06. The molecule has 0 fully saturated rings. The molecule has 0 saturated carbocycles. The van der Waals surface area contributed by atoms with Gasteiger partial charge < -0.3 is 10.6 Å². The number of carbonyl (C=O) groups is 1. The normalized spacial score (nSPS) is 10.7. The van der Waals surface area contributed by atoms with Gasteiger partial charge in [0.2, 0.25) is 0 Å². The lowest BCUT2D eigenvalue weighted by atomic mass is 10.1. The maximum Gasteiger partial charge on any atom is 0.323 e. The lowest BCUT2D eigenvalue weighted by Crippen LogP contribution is -2.20. The summed E-state index contributed by atoms with van der Waals surface area (Å²) < 4.78 is 1.93. The van der Waals surface area contributed by atoms with Gasteiger partial charge in [-0.05, 0) is 50.5 Å². The first kappa shape index (κ1) is 18.7. The molecule has 0 atom stereocenters. The highest BCUT2D eigenvalue weighted by molar-refractivity contribution is 6.00. The lowest BCUT2D eigenvalue weighted by molar-refractivity contribution is 0.262. The molecule has 0 unspecified atom stereocenters. The molecule has 5 heteroatoms. The molecular formula is C22H26N4O. The molecule has 0 aliphatic rings. The van der Waals surface area contributed by atoms with Gasteiger partial charge in [-0.15, -0.1) is 0 Å². The molecule has 140 valence electrons. The van der Waals surface area contributed by atoms with Crippen LogP contribution in [0.5, 0.6) is 0 Å². The Kier molecular flexibility index (Phi) is 5.60. The Balaban J connectivity index is 1.71. The van der Waals surface area contributed by atoms with Crippen molar-refractivity contribution in [1.29, 1.82) is 0 Å². The number of carbonyl (C=O) groups excluding carboxylic acids is 1. The van der Waals surface area contributed by atoms with E-state index in [0.717, 1.165) is 29.2 Å². The minimum Gasteiger partial charge on any atom is -0.308 e. The Hall–Kier alpha value is -3.08. The van der Waals surface area contributed by atoms with Gasteiger partial charge in [0.25, 0.3) is 0 Å². The molecule has 27 heavy (non-hydrogen) atoms. The predicted molar refractivity (Wildman–Crippen MR) is 110 cm³/mol. The fraction of sp³-hybridized carbons (Fsp3) is 0.273. The monoisotopic (exact) mass is 362 g/mol. The van der Waals surface area contributed by atoms with Crippen LogP contribution in [-0.4, -0.2) is 15.8 Å². The van der Waals surface area contributed by atoms with Gasteiger partial charge in [0.15, 0.2) is 0 Å². The van der Waals surface area contributed by atoms with Crippen molar-refractivity contribution in [1.82, 2.24) is 9.78 Å². The van der Waals surface area contributed by atoms with Crippen LogP contribution in [0.3, 0.4) is 0 Å². The molecule has 1 heterocycles. The standard InChI is InChI=1S/C22H26N4O/c1-5-18-9-11-20(12-10-18)23-22(27)24-21-16(3)25-26(17(21)4)14-19-8-6-7-15(2)13-19/h6-13H,5,14H2,1-4H3,(H2,23,24,27). The molecular weight excluding hydrogens is 336 g/mol. The molecule has 3 aromatic rings. The van der Waals surface area contributed by atoms with Crippen LogP contribution in [0.25, 0.3) is 0 Å². The highest BCUT2D eigenvalue weighted by Gasteiger charge is 2.14. The molecule has 0 aliphatic heterocycles. The van der Waals surface area contributed by atoms with Gasteiger partial charge in [0.05, 0.1) is 23.6 Å². The van der Waals surface area contributed by atoms with Gasteiger partial charge in [-0.1, -0.05) is 48.9 Å².